The van der Waals surface area contributed by atoms with E-state index >= 15 is 0 Å². The summed E-state index contributed by atoms with van der Waals surface area (Å²) in [7, 11) is -4.65. The Hall–Kier alpha value is -1.18. The van der Waals surface area contributed by atoms with Crippen LogP contribution < -0.4 is 24.0 Å². The van der Waals surface area contributed by atoms with Crippen molar-refractivity contribution < 1.29 is 38.4 Å². The summed E-state index contributed by atoms with van der Waals surface area (Å²) in [5, 5.41) is 3.13. The van der Waals surface area contributed by atoms with E-state index in [2.05, 4.69) is 29.7 Å². The molecule has 0 saturated carbocycles. The van der Waals surface area contributed by atoms with Gasteiger partial charge in [-0.2, -0.15) is 0 Å². The van der Waals surface area contributed by atoms with Crippen molar-refractivity contribution in [2.45, 2.75) is 0 Å². The summed E-state index contributed by atoms with van der Waals surface area (Å²) >= 11 is 5.79. The van der Waals surface area contributed by atoms with Crippen LogP contribution in [0.2, 0.25) is 5.02 Å². The van der Waals surface area contributed by atoms with Crippen LogP contribution >= 0.6 is 11.6 Å². The van der Waals surface area contributed by atoms with Gasteiger partial charge in [-0.3, -0.25) is 5.32 Å². The van der Waals surface area contributed by atoms with E-state index in [9.17, 15) is 4.79 Å². The summed E-state index contributed by atoms with van der Waals surface area (Å²) in [5.74, 6) is 6.57. The van der Waals surface area contributed by atoms with Crippen LogP contribution in [0.4, 0.5) is 10.5 Å². The van der Waals surface area contributed by atoms with Gasteiger partial charge in [0.1, 0.15) is 0 Å². The zero-order valence-corrected chi connectivity index (χ0v) is 14.7. The molecule has 0 aromatic heterocycles. The molecule has 1 rings (SSSR count). The SMILES string of the molecule is C[S+](C)CC#CCOC(=O)Nc1cccc(Cl)c1.[O-][Cl+3]([O-])([O-])[O-]. The fourth-order valence-corrected chi connectivity index (χ4v) is 1.65. The number of anilines is 1. The van der Waals surface area contributed by atoms with Crippen LogP contribution in [0.3, 0.4) is 0 Å². The summed E-state index contributed by atoms with van der Waals surface area (Å²) in [6, 6.07) is 6.87. The van der Waals surface area contributed by atoms with Crippen LogP contribution in [-0.2, 0) is 15.6 Å². The lowest BCUT2D eigenvalue weighted by molar-refractivity contribution is -2.00. The maximum Gasteiger partial charge on any atom is 0.412 e. The highest BCUT2D eigenvalue weighted by molar-refractivity contribution is 7.95. The second-order valence-corrected chi connectivity index (χ2v) is 7.53. The minimum absolute atomic E-state index is 0.101. The Morgan fingerprint density at radius 2 is 1.91 bits per heavy atom. The molecule has 1 aromatic carbocycles. The van der Waals surface area contributed by atoms with Crippen molar-refractivity contribution in [3.63, 3.8) is 0 Å². The molecule has 1 amide bonds. The van der Waals surface area contributed by atoms with Crippen molar-refractivity contribution in [3.05, 3.63) is 29.3 Å². The normalized spacial score (nSPS) is 10.1. The van der Waals surface area contributed by atoms with E-state index in [0.717, 1.165) is 5.75 Å². The van der Waals surface area contributed by atoms with Crippen molar-refractivity contribution in [1.82, 2.24) is 0 Å². The Bertz CT molecular complexity index is 547. The minimum atomic E-state index is -4.94. The van der Waals surface area contributed by atoms with Gasteiger partial charge in [-0.25, -0.2) is 23.4 Å². The molecule has 1 aromatic rings. The van der Waals surface area contributed by atoms with Crippen molar-refractivity contribution in [3.8, 4) is 11.8 Å². The molecule has 10 heteroatoms. The summed E-state index contributed by atoms with van der Waals surface area (Å²) < 4.78 is 38.9. The summed E-state index contributed by atoms with van der Waals surface area (Å²) in [5.41, 5.74) is 0.601. The van der Waals surface area contributed by atoms with Gasteiger partial charge in [-0.05, 0) is 35.0 Å². The molecule has 0 aliphatic heterocycles. The number of amides is 1. The smallest absolute Gasteiger partial charge is 0.412 e. The number of benzene rings is 1. The summed E-state index contributed by atoms with van der Waals surface area (Å²) in [6.45, 7) is 0.101. The molecule has 23 heavy (non-hydrogen) atoms. The topological polar surface area (TPSA) is 131 Å². The first kappa shape index (κ1) is 21.8. The van der Waals surface area contributed by atoms with E-state index in [-0.39, 0.29) is 6.61 Å². The molecule has 0 heterocycles. The summed E-state index contributed by atoms with van der Waals surface area (Å²) in [6.07, 6.45) is 3.70. The first-order valence-corrected chi connectivity index (χ1v) is 9.71. The number of ether oxygens (including phenoxy) is 1. The predicted octanol–water partition coefficient (Wildman–Crippen LogP) is -1.99. The maximum absolute atomic E-state index is 11.4. The molecular formula is C13H15Cl2NO6S. The molecule has 0 aliphatic rings. The summed E-state index contributed by atoms with van der Waals surface area (Å²) in [4.78, 5) is 11.4. The quantitative estimate of drug-likeness (QED) is 0.475. The van der Waals surface area contributed by atoms with Crippen LogP contribution in [0.5, 0.6) is 0 Å². The number of hydrogen-bond donors (Lipinski definition) is 1. The third kappa shape index (κ3) is 17.0. The van der Waals surface area contributed by atoms with Gasteiger partial charge in [0.25, 0.3) is 0 Å². The van der Waals surface area contributed by atoms with Crippen LogP contribution in [0.25, 0.3) is 0 Å². The molecule has 0 aliphatic carbocycles. The first-order chi connectivity index (χ1) is 10.6. The van der Waals surface area contributed by atoms with Crippen molar-refractivity contribution in [2.75, 3.05) is 30.2 Å². The van der Waals surface area contributed by atoms with Crippen molar-refractivity contribution >= 4 is 34.3 Å². The number of hydrogen-bond acceptors (Lipinski definition) is 6. The molecule has 0 saturated heterocycles. The molecule has 0 fully saturated rings. The molecule has 0 unspecified atom stereocenters. The van der Waals surface area contributed by atoms with Gasteiger partial charge in [0.05, 0.1) is 12.5 Å². The van der Waals surface area contributed by atoms with E-state index in [1.807, 2.05) is 0 Å². The molecule has 1 N–H and O–H groups in total. The average Bonchev–Trinajstić information content (AvgIpc) is 2.35. The third-order valence-corrected chi connectivity index (χ3v) is 2.79. The Morgan fingerprint density at radius 1 is 1.30 bits per heavy atom. The van der Waals surface area contributed by atoms with Crippen LogP contribution in [0.1, 0.15) is 0 Å². The highest BCUT2D eigenvalue weighted by Gasteiger charge is 2.02. The van der Waals surface area contributed by atoms with Gasteiger partial charge in [0.15, 0.2) is 12.4 Å². The maximum atomic E-state index is 11.4. The van der Waals surface area contributed by atoms with E-state index in [1.54, 1.807) is 24.3 Å². The van der Waals surface area contributed by atoms with E-state index in [1.165, 1.54) is 0 Å². The van der Waals surface area contributed by atoms with Crippen molar-refractivity contribution in [1.29, 1.82) is 0 Å². The second-order valence-electron chi connectivity index (χ2n) is 4.07. The molecule has 0 bridgehead atoms. The Labute approximate surface area is 144 Å². The van der Waals surface area contributed by atoms with E-state index in [0.29, 0.717) is 21.6 Å². The number of nitrogens with one attached hydrogen (secondary N) is 1. The fourth-order valence-electron chi connectivity index (χ4n) is 1.07. The molecule has 128 valence electrons. The highest BCUT2D eigenvalue weighted by Crippen LogP contribution is 2.14. The molecule has 0 radical (unpaired) electrons. The van der Waals surface area contributed by atoms with Gasteiger partial charge >= 0.3 is 6.09 Å². The van der Waals surface area contributed by atoms with Crippen LogP contribution in [0.15, 0.2) is 24.3 Å². The van der Waals surface area contributed by atoms with Gasteiger partial charge < -0.3 is 4.74 Å². The number of rotatable bonds is 3. The average molecular weight is 384 g/mol. The monoisotopic (exact) mass is 383 g/mol. The minimum Gasteiger partial charge on any atom is -0.436 e. The van der Waals surface area contributed by atoms with Gasteiger partial charge in [0.2, 0.25) is 0 Å². The Balaban J connectivity index is 0.000000841. The van der Waals surface area contributed by atoms with Gasteiger partial charge in [-0.15, -0.1) is 10.2 Å². The largest absolute Gasteiger partial charge is 0.436 e. The lowest BCUT2D eigenvalue weighted by Crippen LogP contribution is -2.68. The third-order valence-electron chi connectivity index (χ3n) is 1.83. The number of halogens is 2. The fraction of sp³-hybridized carbons (Fsp3) is 0.308. The van der Waals surface area contributed by atoms with Gasteiger partial charge in [-0.1, -0.05) is 23.6 Å². The van der Waals surface area contributed by atoms with Crippen LogP contribution in [-0.4, -0.2) is 31.0 Å². The first-order valence-electron chi connectivity index (χ1n) is 5.89. The number of carbonyl (C=O) groups is 1. The lowest BCUT2D eigenvalue weighted by Gasteiger charge is -2.17. The number of carbonyl (C=O) groups excluding carboxylic acids is 1. The zero-order chi connectivity index (χ0) is 17.9. The lowest BCUT2D eigenvalue weighted by atomic mass is 10.3. The molecule has 0 atom stereocenters. The Morgan fingerprint density at radius 3 is 2.43 bits per heavy atom. The molecule has 0 spiro atoms. The second kappa shape index (κ2) is 11.4. The standard InChI is InChI=1S/C13H14ClNO2S.ClHO4/c1-18(2)9-4-3-8-17-13(16)15-12-7-5-6-11(14)10-12;2-1(3,4)5/h5-7,10H,8-9H2,1-2H3;(H,2,3,4,5). The van der Waals surface area contributed by atoms with E-state index in [4.69, 9.17) is 35.0 Å². The van der Waals surface area contributed by atoms with Crippen molar-refractivity contribution in [2.24, 2.45) is 0 Å². The van der Waals surface area contributed by atoms with E-state index < -0.39 is 16.3 Å². The predicted molar refractivity (Wildman–Crippen MR) is 78.3 cm³/mol. The Kier molecular flexibility index (Phi) is 10.8. The molecular weight excluding hydrogens is 369 g/mol. The molecule has 7 nitrogen and oxygen atoms in total. The van der Waals surface area contributed by atoms with Gasteiger partial charge in [0, 0.05) is 10.7 Å². The zero-order valence-electron chi connectivity index (χ0n) is 12.3. The highest BCUT2D eigenvalue weighted by atomic mass is 35.7. The van der Waals surface area contributed by atoms with Crippen LogP contribution in [0, 0.1) is 22.1 Å².